The van der Waals surface area contributed by atoms with Gasteiger partial charge in [0.2, 0.25) is 0 Å². The Kier molecular flexibility index (Phi) is 4.95. The fourth-order valence-electron chi connectivity index (χ4n) is 1.89. The van der Waals surface area contributed by atoms with Crippen LogP contribution in [-0.2, 0) is 0 Å². The van der Waals surface area contributed by atoms with Gasteiger partial charge in [0.15, 0.2) is 0 Å². The third-order valence-electron chi connectivity index (χ3n) is 2.95. The molecule has 1 aromatic heterocycles. The van der Waals surface area contributed by atoms with Gasteiger partial charge in [-0.05, 0) is 24.1 Å². The Morgan fingerprint density at radius 3 is 2.76 bits per heavy atom. The zero-order chi connectivity index (χ0) is 15.4. The van der Waals surface area contributed by atoms with Crippen molar-refractivity contribution in [2.75, 3.05) is 5.32 Å². The summed E-state index contributed by atoms with van der Waals surface area (Å²) in [5.74, 6) is 0.298. The van der Waals surface area contributed by atoms with Crippen LogP contribution in [-0.4, -0.2) is 16.0 Å². The van der Waals surface area contributed by atoms with Gasteiger partial charge in [0.1, 0.15) is 11.6 Å². The standard InChI is InChI=1S/C14H16BrFN4O/c1-8(2)12(13-17-5-6-18-13)20-14(21)19-11-4-3-9(15)7-10(11)16/h3-8,12H,1-2H3,(H,17,18)(H2,19,20,21). The van der Waals surface area contributed by atoms with E-state index in [1.807, 2.05) is 13.8 Å². The lowest BCUT2D eigenvalue weighted by Gasteiger charge is -2.20. The fourth-order valence-corrected chi connectivity index (χ4v) is 2.22. The summed E-state index contributed by atoms with van der Waals surface area (Å²) in [5, 5.41) is 5.28. The minimum absolute atomic E-state index is 0.123. The minimum Gasteiger partial charge on any atom is -0.347 e. The molecule has 7 heteroatoms. The zero-order valence-corrected chi connectivity index (χ0v) is 13.2. The maximum atomic E-state index is 13.7. The van der Waals surface area contributed by atoms with E-state index in [0.29, 0.717) is 10.3 Å². The van der Waals surface area contributed by atoms with Crippen molar-refractivity contribution in [2.45, 2.75) is 19.9 Å². The molecule has 0 aliphatic heterocycles. The molecule has 2 rings (SSSR count). The number of hydrogen-bond donors (Lipinski definition) is 3. The van der Waals surface area contributed by atoms with Crippen LogP contribution in [0.4, 0.5) is 14.9 Å². The van der Waals surface area contributed by atoms with E-state index >= 15 is 0 Å². The topological polar surface area (TPSA) is 69.8 Å². The van der Waals surface area contributed by atoms with Gasteiger partial charge in [0, 0.05) is 16.9 Å². The number of aromatic nitrogens is 2. The van der Waals surface area contributed by atoms with Crippen LogP contribution in [0.5, 0.6) is 0 Å². The van der Waals surface area contributed by atoms with E-state index in [1.54, 1.807) is 18.5 Å². The fraction of sp³-hybridized carbons (Fsp3) is 0.286. The van der Waals surface area contributed by atoms with Crippen molar-refractivity contribution in [2.24, 2.45) is 5.92 Å². The normalized spacial score (nSPS) is 12.2. The number of amides is 2. The lowest BCUT2D eigenvalue weighted by Crippen LogP contribution is -2.35. The molecule has 2 aromatic rings. The molecule has 0 fully saturated rings. The summed E-state index contributed by atoms with van der Waals surface area (Å²) in [6, 6.07) is 3.69. The number of rotatable bonds is 4. The first-order valence-electron chi connectivity index (χ1n) is 6.49. The van der Waals surface area contributed by atoms with Gasteiger partial charge < -0.3 is 15.6 Å². The Morgan fingerprint density at radius 1 is 1.43 bits per heavy atom. The first kappa shape index (κ1) is 15.5. The highest BCUT2D eigenvalue weighted by molar-refractivity contribution is 9.10. The molecule has 21 heavy (non-hydrogen) atoms. The predicted molar refractivity (Wildman–Crippen MR) is 82.4 cm³/mol. The Bertz CT molecular complexity index is 615. The Hall–Kier alpha value is -1.89. The molecule has 0 saturated heterocycles. The molecule has 3 N–H and O–H groups in total. The van der Waals surface area contributed by atoms with E-state index in [4.69, 9.17) is 0 Å². The summed E-state index contributed by atoms with van der Waals surface area (Å²) in [7, 11) is 0. The molecular formula is C14H16BrFN4O. The van der Waals surface area contributed by atoms with E-state index < -0.39 is 11.8 Å². The maximum absolute atomic E-state index is 13.7. The van der Waals surface area contributed by atoms with Gasteiger partial charge in [-0.25, -0.2) is 14.2 Å². The third kappa shape index (κ3) is 4.04. The number of imidazole rings is 1. The zero-order valence-electron chi connectivity index (χ0n) is 11.7. The summed E-state index contributed by atoms with van der Waals surface area (Å²) >= 11 is 3.17. The summed E-state index contributed by atoms with van der Waals surface area (Å²) in [5.41, 5.74) is 0.123. The Balaban J connectivity index is 2.06. The van der Waals surface area contributed by atoms with E-state index in [0.717, 1.165) is 0 Å². The summed E-state index contributed by atoms with van der Waals surface area (Å²) in [6.45, 7) is 3.93. The van der Waals surface area contributed by atoms with Crippen molar-refractivity contribution in [3.05, 3.63) is 46.7 Å². The SMILES string of the molecule is CC(C)C(NC(=O)Nc1ccc(Br)cc1F)c1ncc[nH]1. The number of anilines is 1. The number of carbonyl (C=O) groups excluding carboxylic acids is 1. The van der Waals surface area contributed by atoms with Gasteiger partial charge in [-0.15, -0.1) is 0 Å². The number of hydrogen-bond acceptors (Lipinski definition) is 2. The molecule has 0 saturated carbocycles. The minimum atomic E-state index is -0.501. The highest BCUT2D eigenvalue weighted by Crippen LogP contribution is 2.21. The molecule has 0 aliphatic rings. The van der Waals surface area contributed by atoms with Crippen LogP contribution in [0.15, 0.2) is 35.1 Å². The average Bonchev–Trinajstić information content (AvgIpc) is 2.92. The van der Waals surface area contributed by atoms with E-state index in [1.165, 1.54) is 12.1 Å². The maximum Gasteiger partial charge on any atom is 0.319 e. The number of halogens is 2. The molecule has 0 spiro atoms. The van der Waals surface area contributed by atoms with Crippen LogP contribution in [0.1, 0.15) is 25.7 Å². The number of urea groups is 1. The van der Waals surface area contributed by atoms with Gasteiger partial charge >= 0.3 is 6.03 Å². The molecule has 1 unspecified atom stereocenters. The van der Waals surface area contributed by atoms with Crippen molar-refractivity contribution < 1.29 is 9.18 Å². The molecular weight excluding hydrogens is 339 g/mol. The molecule has 112 valence electrons. The average molecular weight is 355 g/mol. The lowest BCUT2D eigenvalue weighted by molar-refractivity contribution is 0.243. The molecule has 0 radical (unpaired) electrons. The second-order valence-electron chi connectivity index (χ2n) is 4.92. The first-order chi connectivity index (χ1) is 9.97. The Labute approximate surface area is 130 Å². The number of aromatic amines is 1. The highest BCUT2D eigenvalue weighted by Gasteiger charge is 2.20. The quantitative estimate of drug-likeness (QED) is 0.780. The van der Waals surface area contributed by atoms with E-state index in [-0.39, 0.29) is 17.6 Å². The molecule has 1 atom stereocenters. The van der Waals surface area contributed by atoms with Crippen LogP contribution >= 0.6 is 15.9 Å². The smallest absolute Gasteiger partial charge is 0.319 e. The van der Waals surface area contributed by atoms with Gasteiger partial charge in [0.25, 0.3) is 0 Å². The van der Waals surface area contributed by atoms with Crippen LogP contribution in [0, 0.1) is 11.7 Å². The first-order valence-corrected chi connectivity index (χ1v) is 7.28. The van der Waals surface area contributed by atoms with Gasteiger partial charge in [-0.3, -0.25) is 0 Å². The third-order valence-corrected chi connectivity index (χ3v) is 3.44. The van der Waals surface area contributed by atoms with Crippen molar-refractivity contribution in [3.63, 3.8) is 0 Å². The summed E-state index contributed by atoms with van der Waals surface area (Å²) in [6.07, 6.45) is 3.32. The van der Waals surface area contributed by atoms with Crippen molar-refractivity contribution >= 4 is 27.6 Å². The van der Waals surface area contributed by atoms with Crippen LogP contribution in [0.2, 0.25) is 0 Å². The Morgan fingerprint density at radius 2 is 2.19 bits per heavy atom. The van der Waals surface area contributed by atoms with E-state index in [2.05, 4.69) is 36.5 Å². The van der Waals surface area contributed by atoms with Crippen molar-refractivity contribution in [1.29, 1.82) is 0 Å². The van der Waals surface area contributed by atoms with Crippen LogP contribution in [0.25, 0.3) is 0 Å². The lowest BCUT2D eigenvalue weighted by atomic mass is 10.0. The van der Waals surface area contributed by atoms with Gasteiger partial charge in [0.05, 0.1) is 11.7 Å². The number of nitrogens with zero attached hydrogens (tertiary/aromatic N) is 1. The summed E-state index contributed by atoms with van der Waals surface area (Å²) in [4.78, 5) is 19.1. The predicted octanol–water partition coefficient (Wildman–Crippen LogP) is 3.83. The number of H-pyrrole nitrogens is 1. The van der Waals surface area contributed by atoms with Crippen molar-refractivity contribution in [3.8, 4) is 0 Å². The number of nitrogens with one attached hydrogen (secondary N) is 3. The largest absolute Gasteiger partial charge is 0.347 e. The van der Waals surface area contributed by atoms with Gasteiger partial charge in [-0.1, -0.05) is 29.8 Å². The number of benzene rings is 1. The molecule has 1 aromatic carbocycles. The molecule has 5 nitrogen and oxygen atoms in total. The molecule has 0 bridgehead atoms. The monoisotopic (exact) mass is 354 g/mol. The van der Waals surface area contributed by atoms with Crippen LogP contribution < -0.4 is 10.6 Å². The molecule has 1 heterocycles. The van der Waals surface area contributed by atoms with Crippen molar-refractivity contribution in [1.82, 2.24) is 15.3 Å². The summed E-state index contributed by atoms with van der Waals surface area (Å²) < 4.78 is 14.3. The van der Waals surface area contributed by atoms with Crippen LogP contribution in [0.3, 0.4) is 0 Å². The second kappa shape index (κ2) is 6.71. The van der Waals surface area contributed by atoms with Gasteiger partial charge in [-0.2, -0.15) is 0 Å². The number of carbonyl (C=O) groups is 1. The van der Waals surface area contributed by atoms with E-state index in [9.17, 15) is 9.18 Å². The molecule has 2 amide bonds. The second-order valence-corrected chi connectivity index (χ2v) is 5.83. The molecule has 0 aliphatic carbocycles. The highest BCUT2D eigenvalue weighted by atomic mass is 79.9.